The fourth-order valence-electron chi connectivity index (χ4n) is 4.88. The smallest absolute Gasteiger partial charge is 0.416 e. The lowest BCUT2D eigenvalue weighted by Gasteiger charge is -2.24. The number of hydrogen-bond acceptors (Lipinski definition) is 8. The first kappa shape index (κ1) is 29.9. The first-order valence-corrected chi connectivity index (χ1v) is 14.4. The van der Waals surface area contributed by atoms with Crippen molar-refractivity contribution in [1.29, 1.82) is 0 Å². The number of halogens is 3. The van der Waals surface area contributed by atoms with Gasteiger partial charge in [0.25, 0.3) is 5.91 Å². The summed E-state index contributed by atoms with van der Waals surface area (Å²) >= 11 is 1.02. The van der Waals surface area contributed by atoms with Gasteiger partial charge in [0, 0.05) is 31.7 Å². The fourth-order valence-corrected chi connectivity index (χ4v) is 5.71. The van der Waals surface area contributed by atoms with E-state index in [0.717, 1.165) is 41.9 Å². The average molecular weight is 614 g/mol. The number of nitrogens with one attached hydrogen (secondary N) is 2. The molecule has 1 fully saturated rings. The van der Waals surface area contributed by atoms with Crippen LogP contribution >= 0.6 is 11.3 Å². The van der Waals surface area contributed by atoms with E-state index < -0.39 is 23.7 Å². The van der Waals surface area contributed by atoms with Crippen LogP contribution in [-0.4, -0.2) is 45.9 Å². The molecule has 0 saturated carbocycles. The van der Waals surface area contributed by atoms with Crippen molar-refractivity contribution < 1.29 is 27.5 Å². The van der Waals surface area contributed by atoms with Gasteiger partial charge < -0.3 is 26.0 Å². The minimum absolute atomic E-state index is 0.0242. The van der Waals surface area contributed by atoms with E-state index in [4.69, 9.17) is 10.5 Å². The zero-order chi connectivity index (χ0) is 30.6. The Labute approximate surface area is 249 Å². The number of hydrogen-bond donors (Lipinski definition) is 3. The van der Waals surface area contributed by atoms with Gasteiger partial charge in [-0.15, -0.1) is 0 Å². The van der Waals surface area contributed by atoms with Crippen LogP contribution in [0.25, 0.3) is 10.6 Å². The number of nitrogens with zero attached hydrogens (tertiary/aromatic N) is 4. The molecule has 1 aliphatic heterocycles. The van der Waals surface area contributed by atoms with Gasteiger partial charge in [-0.2, -0.15) is 18.3 Å². The van der Waals surface area contributed by atoms with Crippen molar-refractivity contribution in [2.75, 3.05) is 29.0 Å². The number of rotatable bonds is 7. The summed E-state index contributed by atoms with van der Waals surface area (Å²) in [6, 6.07) is 13.9. The van der Waals surface area contributed by atoms with Crippen LogP contribution in [0, 0.1) is 0 Å². The highest BCUT2D eigenvalue weighted by atomic mass is 32.1. The molecule has 1 unspecified atom stereocenters. The third-order valence-electron chi connectivity index (χ3n) is 7.05. The Bertz CT molecular complexity index is 1570. The van der Waals surface area contributed by atoms with Gasteiger partial charge >= 0.3 is 12.3 Å². The van der Waals surface area contributed by atoms with Crippen LogP contribution < -0.4 is 21.3 Å². The summed E-state index contributed by atoms with van der Waals surface area (Å²) < 4.78 is 45.8. The molecule has 1 aliphatic rings. The predicted molar refractivity (Wildman–Crippen MR) is 158 cm³/mol. The number of carbonyl (C=O) groups is 2. The van der Waals surface area contributed by atoms with E-state index in [-0.39, 0.29) is 23.3 Å². The maximum atomic E-state index is 13.2. The Balaban J connectivity index is 1.21. The van der Waals surface area contributed by atoms with E-state index in [9.17, 15) is 22.8 Å². The Hall–Kier alpha value is -4.59. The molecule has 2 aromatic carbocycles. The van der Waals surface area contributed by atoms with Crippen LogP contribution in [0.3, 0.4) is 0 Å². The van der Waals surface area contributed by atoms with Gasteiger partial charge in [-0.05, 0) is 37.0 Å². The Morgan fingerprint density at radius 1 is 1.09 bits per heavy atom. The van der Waals surface area contributed by atoms with Crippen molar-refractivity contribution in [3.63, 3.8) is 0 Å². The lowest BCUT2D eigenvalue weighted by Crippen LogP contribution is -2.36. The molecule has 0 aliphatic carbocycles. The zero-order valence-electron chi connectivity index (χ0n) is 23.2. The number of anilines is 3. The number of alkyl halides is 3. The summed E-state index contributed by atoms with van der Waals surface area (Å²) in [6.45, 7) is 1.47. The summed E-state index contributed by atoms with van der Waals surface area (Å²) in [5, 5.41) is 10.6. The van der Waals surface area contributed by atoms with E-state index in [1.807, 2.05) is 30.3 Å². The molecular weight excluding hydrogens is 583 g/mol. The van der Waals surface area contributed by atoms with Crippen molar-refractivity contribution in [2.45, 2.75) is 38.1 Å². The molecule has 0 bridgehead atoms. The number of nitrogens with two attached hydrogens (primary N) is 1. The Morgan fingerprint density at radius 2 is 1.84 bits per heavy atom. The van der Waals surface area contributed by atoms with Crippen LogP contribution in [0.5, 0.6) is 0 Å². The molecule has 0 radical (unpaired) electrons. The first-order valence-electron chi connectivity index (χ1n) is 13.6. The minimum atomic E-state index is -4.45. The topological polar surface area (TPSA) is 127 Å². The summed E-state index contributed by atoms with van der Waals surface area (Å²) in [4.78, 5) is 32.0. The summed E-state index contributed by atoms with van der Waals surface area (Å²) in [5.41, 5.74) is 7.08. The number of aryl methyl sites for hydroxylation is 1. The second kappa shape index (κ2) is 12.7. The second-order valence-electron chi connectivity index (χ2n) is 10.1. The second-order valence-corrected chi connectivity index (χ2v) is 11.1. The third-order valence-corrected chi connectivity index (χ3v) is 7.98. The molecule has 1 saturated heterocycles. The van der Waals surface area contributed by atoms with Crippen LogP contribution in [0.2, 0.25) is 0 Å². The first-order chi connectivity index (χ1) is 20.6. The molecule has 2 amide bonds. The molecule has 0 spiro atoms. The van der Waals surface area contributed by atoms with Gasteiger partial charge in [-0.3, -0.25) is 9.48 Å². The average Bonchev–Trinajstić information content (AvgIpc) is 3.46. The highest BCUT2D eigenvalue weighted by molar-refractivity contribution is 7.19. The number of benzene rings is 2. The van der Waals surface area contributed by atoms with Crippen molar-refractivity contribution in [2.24, 2.45) is 7.05 Å². The lowest BCUT2D eigenvalue weighted by molar-refractivity contribution is -0.137. The van der Waals surface area contributed by atoms with Gasteiger partial charge in [-0.25, -0.2) is 9.78 Å². The number of thiazole rings is 1. The zero-order valence-corrected chi connectivity index (χ0v) is 24.0. The van der Waals surface area contributed by atoms with Crippen molar-refractivity contribution >= 4 is 39.8 Å². The van der Waals surface area contributed by atoms with Gasteiger partial charge in [0.05, 0.1) is 11.8 Å². The Morgan fingerprint density at radius 3 is 2.56 bits per heavy atom. The molecule has 10 nitrogen and oxygen atoms in total. The Kier molecular flexibility index (Phi) is 8.85. The van der Waals surface area contributed by atoms with Crippen LogP contribution in [0.4, 0.5) is 34.5 Å². The summed E-state index contributed by atoms with van der Waals surface area (Å²) in [7, 11) is 1.77. The maximum absolute atomic E-state index is 13.2. The van der Waals surface area contributed by atoms with Crippen LogP contribution in [0.1, 0.15) is 40.9 Å². The molecule has 14 heteroatoms. The standard InChI is InChI=1S/C29H30F3N7O3S/c1-38-27(39-14-5-8-21(13-15-39)35-28(41)42-17-18-6-3-2-4-7-18)22(16-34-38)36-25(40)23-24(33)43-26(37-23)19-9-11-20(12-10-19)29(30,31)32/h2-4,6-7,9-12,16,21H,5,8,13-15,17,33H2,1H3,(H,35,41)(H,36,40). The third kappa shape index (κ3) is 7.25. The number of nitrogen functional groups attached to an aromatic ring is 1. The number of amides is 2. The van der Waals surface area contributed by atoms with E-state index in [1.165, 1.54) is 18.3 Å². The fraction of sp³-hybridized carbons (Fsp3) is 0.310. The molecule has 2 aromatic heterocycles. The molecule has 43 heavy (non-hydrogen) atoms. The molecule has 3 heterocycles. The van der Waals surface area contributed by atoms with Crippen molar-refractivity contribution in [3.8, 4) is 10.6 Å². The largest absolute Gasteiger partial charge is 0.445 e. The summed E-state index contributed by atoms with van der Waals surface area (Å²) in [6.07, 6.45) is -1.17. The number of aromatic nitrogens is 3. The van der Waals surface area contributed by atoms with Crippen molar-refractivity contribution in [1.82, 2.24) is 20.1 Å². The molecule has 5 rings (SSSR count). The van der Waals surface area contributed by atoms with Gasteiger partial charge in [-0.1, -0.05) is 53.8 Å². The number of ether oxygens (including phenoxy) is 1. The maximum Gasteiger partial charge on any atom is 0.416 e. The quantitative estimate of drug-likeness (QED) is 0.245. The number of alkyl carbamates (subject to hydrolysis) is 1. The van der Waals surface area contributed by atoms with Crippen LogP contribution in [-0.2, 0) is 24.6 Å². The highest BCUT2D eigenvalue weighted by Gasteiger charge is 2.30. The molecule has 226 valence electrons. The van der Waals surface area contributed by atoms with Gasteiger partial charge in [0.1, 0.15) is 22.3 Å². The molecule has 4 N–H and O–H groups in total. The van der Waals surface area contributed by atoms with Gasteiger partial charge in [0.15, 0.2) is 11.5 Å². The van der Waals surface area contributed by atoms with Gasteiger partial charge in [0.2, 0.25) is 0 Å². The van der Waals surface area contributed by atoms with E-state index in [1.54, 1.807) is 11.7 Å². The monoisotopic (exact) mass is 613 g/mol. The predicted octanol–water partition coefficient (Wildman–Crippen LogP) is 5.68. The number of carbonyl (C=O) groups excluding carboxylic acids is 2. The van der Waals surface area contributed by atoms with Crippen molar-refractivity contribution in [3.05, 3.63) is 77.6 Å². The molecular formula is C29H30F3N7O3S. The van der Waals surface area contributed by atoms with Crippen LogP contribution in [0.15, 0.2) is 60.8 Å². The highest BCUT2D eigenvalue weighted by Crippen LogP contribution is 2.35. The normalized spacial score (nSPS) is 15.5. The minimum Gasteiger partial charge on any atom is -0.445 e. The summed E-state index contributed by atoms with van der Waals surface area (Å²) in [5.74, 6) is 0.133. The van der Waals surface area contributed by atoms with E-state index >= 15 is 0 Å². The molecule has 4 aromatic rings. The van der Waals surface area contributed by atoms with E-state index in [0.29, 0.717) is 41.6 Å². The SMILES string of the molecule is Cn1ncc(NC(=O)c2nc(-c3ccc(C(F)(F)F)cc3)sc2N)c1N1CCCC(NC(=O)OCc2ccccc2)CC1. The molecule has 1 atom stereocenters. The van der Waals surface area contributed by atoms with E-state index in [2.05, 4.69) is 25.6 Å². The lowest BCUT2D eigenvalue weighted by atomic mass is 10.1.